The van der Waals surface area contributed by atoms with Gasteiger partial charge in [0, 0.05) is 29.1 Å². The Kier molecular flexibility index (Phi) is 6.18. The molecule has 1 aromatic carbocycles. The molecule has 0 aliphatic carbocycles. The van der Waals surface area contributed by atoms with Crippen molar-refractivity contribution in [1.29, 1.82) is 0 Å². The first kappa shape index (κ1) is 21.2. The van der Waals surface area contributed by atoms with Gasteiger partial charge in [0.1, 0.15) is 11.9 Å². The highest BCUT2D eigenvalue weighted by atomic mass is 35.5. The topological polar surface area (TPSA) is 95.6 Å². The molecule has 0 fully saturated rings. The monoisotopic (exact) mass is 455 g/mol. The van der Waals surface area contributed by atoms with Crippen LogP contribution in [0, 0.1) is 5.82 Å². The number of carbonyl (C=O) groups is 2. The van der Waals surface area contributed by atoms with Crippen LogP contribution in [0.15, 0.2) is 48.0 Å². The maximum atomic E-state index is 14.4. The Labute approximate surface area is 175 Å². The molecule has 0 unspecified atom stereocenters. The Morgan fingerprint density at radius 1 is 1.31 bits per heavy atom. The number of rotatable bonds is 6. The number of nitrogens with zero attached hydrogens (tertiary/aromatic N) is 1. The molecule has 1 aliphatic heterocycles. The lowest BCUT2D eigenvalue weighted by Gasteiger charge is -2.17. The summed E-state index contributed by atoms with van der Waals surface area (Å²) in [5, 5.41) is 3.30. The van der Waals surface area contributed by atoms with Crippen LogP contribution in [0.5, 0.6) is 0 Å². The lowest BCUT2D eigenvalue weighted by molar-refractivity contribution is -0.118. The minimum absolute atomic E-state index is 0.0932. The van der Waals surface area contributed by atoms with E-state index in [1.54, 1.807) is 12.1 Å². The van der Waals surface area contributed by atoms with E-state index >= 15 is 0 Å². The van der Waals surface area contributed by atoms with Crippen molar-refractivity contribution < 1.29 is 22.4 Å². The van der Waals surface area contributed by atoms with Gasteiger partial charge in [-0.1, -0.05) is 11.6 Å². The van der Waals surface area contributed by atoms with Crippen LogP contribution >= 0.6 is 22.9 Å². The normalized spacial score (nSPS) is 16.7. The fourth-order valence-electron chi connectivity index (χ4n) is 2.55. The van der Waals surface area contributed by atoms with Crippen LogP contribution in [-0.4, -0.2) is 33.3 Å². The van der Waals surface area contributed by atoms with Gasteiger partial charge in [-0.2, -0.15) is 4.72 Å². The highest BCUT2D eigenvalue weighted by Gasteiger charge is 2.32. The van der Waals surface area contributed by atoms with Crippen LogP contribution in [0.2, 0.25) is 4.34 Å². The summed E-state index contributed by atoms with van der Waals surface area (Å²) in [6.07, 6.45) is 3.94. The molecule has 2 aromatic rings. The smallest absolute Gasteiger partial charge is 0.253 e. The number of nitrogens with one attached hydrogen (secondary N) is 2. The van der Waals surface area contributed by atoms with Gasteiger partial charge >= 0.3 is 0 Å². The quantitative estimate of drug-likeness (QED) is 0.700. The van der Waals surface area contributed by atoms with Gasteiger partial charge in [-0.15, -0.1) is 11.3 Å². The third-order valence-electron chi connectivity index (χ3n) is 3.92. The van der Waals surface area contributed by atoms with E-state index in [9.17, 15) is 22.4 Å². The van der Waals surface area contributed by atoms with Gasteiger partial charge in [-0.25, -0.2) is 12.8 Å². The molecule has 152 valence electrons. The second-order valence-corrected chi connectivity index (χ2v) is 9.22. The van der Waals surface area contributed by atoms with Crippen molar-refractivity contribution in [2.45, 2.75) is 6.04 Å². The molecule has 0 saturated carbocycles. The molecule has 3 rings (SSSR count). The van der Waals surface area contributed by atoms with Crippen LogP contribution in [-0.2, 0) is 14.8 Å². The lowest BCUT2D eigenvalue weighted by Crippen LogP contribution is -2.41. The summed E-state index contributed by atoms with van der Waals surface area (Å²) >= 11 is 7.00. The Bertz CT molecular complexity index is 1130. The molecule has 2 N–H and O–H groups in total. The summed E-state index contributed by atoms with van der Waals surface area (Å²) in [6, 6.07) is 5.75. The molecule has 0 radical (unpaired) electrons. The maximum absolute atomic E-state index is 14.4. The van der Waals surface area contributed by atoms with Crippen molar-refractivity contribution in [3.05, 3.63) is 68.6 Å². The predicted molar refractivity (Wildman–Crippen MR) is 111 cm³/mol. The third-order valence-corrected chi connectivity index (χ3v) is 6.20. The van der Waals surface area contributed by atoms with Crippen LogP contribution in [0.3, 0.4) is 0 Å². The van der Waals surface area contributed by atoms with Gasteiger partial charge in [-0.05, 0) is 42.5 Å². The number of hydrogen-bond donors (Lipinski definition) is 2. The molecule has 1 atom stereocenters. The third kappa shape index (κ3) is 4.91. The molecule has 0 spiro atoms. The van der Waals surface area contributed by atoms with Crippen molar-refractivity contribution >= 4 is 56.5 Å². The second kappa shape index (κ2) is 8.46. The molecular weight excluding hydrogens is 441 g/mol. The van der Waals surface area contributed by atoms with E-state index in [0.717, 1.165) is 16.4 Å². The standard InChI is InChI=1S/C18H15ClFN3O4S2/c1-21-17(24)11-2-4-15(13(20)10-11)23-8-6-14(18(23)25)22-29(26,27)9-7-12-3-5-16(19)28-12/h2-10,14,22H,1H3,(H,21,24)/b9-7+/t14-/m0/s1. The predicted octanol–water partition coefficient (Wildman–Crippen LogP) is 2.72. The molecule has 2 heterocycles. The summed E-state index contributed by atoms with van der Waals surface area (Å²) < 4.78 is 41.6. The molecule has 0 bridgehead atoms. The number of benzene rings is 1. The number of thiophene rings is 1. The van der Waals surface area contributed by atoms with Gasteiger partial charge < -0.3 is 5.32 Å². The first-order valence-electron chi connectivity index (χ1n) is 8.19. The van der Waals surface area contributed by atoms with Crippen LogP contribution in [0.4, 0.5) is 10.1 Å². The number of anilines is 1. The first-order valence-corrected chi connectivity index (χ1v) is 10.9. The van der Waals surface area contributed by atoms with Gasteiger partial charge in [0.2, 0.25) is 10.0 Å². The average Bonchev–Trinajstić information content (AvgIpc) is 3.25. The molecule has 1 aromatic heterocycles. The molecular formula is C18H15ClFN3O4S2. The minimum atomic E-state index is -3.94. The van der Waals surface area contributed by atoms with Crippen molar-refractivity contribution in [2.24, 2.45) is 0 Å². The lowest BCUT2D eigenvalue weighted by atomic mass is 10.1. The van der Waals surface area contributed by atoms with Crippen LogP contribution < -0.4 is 14.9 Å². The van der Waals surface area contributed by atoms with E-state index < -0.39 is 33.7 Å². The summed E-state index contributed by atoms with van der Waals surface area (Å²) in [5.41, 5.74) is 0.00446. The van der Waals surface area contributed by atoms with E-state index in [2.05, 4.69) is 10.0 Å². The minimum Gasteiger partial charge on any atom is -0.355 e. The SMILES string of the molecule is CNC(=O)c1ccc(N2C=C[C@H](NS(=O)(=O)/C=C/c3ccc(Cl)s3)C2=O)c(F)c1. The number of carbonyl (C=O) groups excluding carboxylic acids is 2. The Hall–Kier alpha value is -2.53. The van der Waals surface area contributed by atoms with E-state index in [1.165, 1.54) is 48.9 Å². The van der Waals surface area contributed by atoms with Gasteiger partial charge in [0.05, 0.1) is 10.0 Å². The maximum Gasteiger partial charge on any atom is 0.253 e. The Balaban J connectivity index is 1.72. The van der Waals surface area contributed by atoms with Crippen molar-refractivity contribution in [1.82, 2.24) is 10.0 Å². The zero-order valence-electron chi connectivity index (χ0n) is 14.9. The van der Waals surface area contributed by atoms with E-state index in [4.69, 9.17) is 11.6 Å². The number of halogens is 2. The van der Waals surface area contributed by atoms with Gasteiger partial charge in [0.25, 0.3) is 11.8 Å². The molecule has 1 aliphatic rings. The summed E-state index contributed by atoms with van der Waals surface area (Å²) in [5.74, 6) is -1.93. The number of hydrogen-bond acceptors (Lipinski definition) is 5. The first-order chi connectivity index (χ1) is 13.7. The summed E-state index contributed by atoms with van der Waals surface area (Å²) in [4.78, 5) is 25.7. The van der Waals surface area contributed by atoms with E-state index in [-0.39, 0.29) is 11.3 Å². The zero-order chi connectivity index (χ0) is 21.2. The highest BCUT2D eigenvalue weighted by molar-refractivity contribution is 7.92. The number of sulfonamides is 1. The Morgan fingerprint density at radius 3 is 2.69 bits per heavy atom. The molecule has 0 saturated heterocycles. The summed E-state index contributed by atoms with van der Waals surface area (Å²) in [7, 11) is -2.52. The van der Waals surface area contributed by atoms with Crippen molar-refractivity contribution in [3.8, 4) is 0 Å². The van der Waals surface area contributed by atoms with Crippen LogP contribution in [0.1, 0.15) is 15.2 Å². The fourth-order valence-corrected chi connectivity index (χ4v) is 4.53. The largest absolute Gasteiger partial charge is 0.355 e. The number of amides is 2. The fraction of sp³-hybridized carbons (Fsp3) is 0.111. The average molecular weight is 456 g/mol. The molecule has 11 heteroatoms. The van der Waals surface area contributed by atoms with Crippen LogP contribution in [0.25, 0.3) is 6.08 Å². The zero-order valence-corrected chi connectivity index (χ0v) is 17.3. The van der Waals surface area contributed by atoms with Gasteiger partial charge in [-0.3, -0.25) is 14.5 Å². The molecule has 2 amide bonds. The second-order valence-electron chi connectivity index (χ2n) is 5.88. The van der Waals surface area contributed by atoms with E-state index in [0.29, 0.717) is 9.21 Å². The van der Waals surface area contributed by atoms with Gasteiger partial charge in [0.15, 0.2) is 0 Å². The van der Waals surface area contributed by atoms with E-state index in [1.807, 2.05) is 0 Å². The Morgan fingerprint density at radius 2 is 2.07 bits per heavy atom. The highest BCUT2D eigenvalue weighted by Crippen LogP contribution is 2.25. The van der Waals surface area contributed by atoms with Crippen molar-refractivity contribution in [2.75, 3.05) is 11.9 Å². The molecule has 29 heavy (non-hydrogen) atoms. The molecule has 7 nitrogen and oxygen atoms in total. The summed E-state index contributed by atoms with van der Waals surface area (Å²) in [6.45, 7) is 0. The van der Waals surface area contributed by atoms with Crippen molar-refractivity contribution in [3.63, 3.8) is 0 Å².